The van der Waals surface area contributed by atoms with Crippen LogP contribution < -0.4 is 10.2 Å². The number of aromatic amines is 1. The van der Waals surface area contributed by atoms with Crippen LogP contribution in [-0.2, 0) is 15.8 Å². The molecule has 2 aromatic carbocycles. The highest BCUT2D eigenvalue weighted by atomic mass is 32.2. The minimum Gasteiger partial charge on any atom is -0.323 e. The van der Waals surface area contributed by atoms with E-state index in [-0.39, 0.29) is 17.9 Å². The Bertz CT molecular complexity index is 1130. The van der Waals surface area contributed by atoms with Crippen LogP contribution in [0.1, 0.15) is 12.5 Å². The molecule has 1 aromatic heterocycles. The van der Waals surface area contributed by atoms with E-state index in [1.165, 1.54) is 11.0 Å². The van der Waals surface area contributed by atoms with Crippen molar-refractivity contribution in [3.63, 3.8) is 0 Å². The number of thioether (sulfide) groups is 1. The standard InChI is InChI=1S/C20H16F3N5O2S/c1-11(31-19-25-17(26-27-19)12-5-3-2-4-6-12)18(30)28-10-16(29)24-14-9-13(20(21,22)23)7-8-15(14)28/h2-9,11H,10H2,1H3,(H,24,29)(H,25,26,27)/t11-/m0/s1. The lowest BCUT2D eigenvalue weighted by Crippen LogP contribution is -2.45. The zero-order chi connectivity index (χ0) is 22.2. The van der Waals surface area contributed by atoms with Gasteiger partial charge in [-0.15, -0.1) is 5.10 Å². The van der Waals surface area contributed by atoms with Crippen LogP contribution in [0.3, 0.4) is 0 Å². The number of H-pyrrole nitrogens is 1. The summed E-state index contributed by atoms with van der Waals surface area (Å²) in [5, 5.41) is 8.98. The summed E-state index contributed by atoms with van der Waals surface area (Å²) < 4.78 is 39.0. The van der Waals surface area contributed by atoms with E-state index >= 15 is 0 Å². The largest absolute Gasteiger partial charge is 0.416 e. The Kier molecular flexibility index (Phi) is 5.44. The fraction of sp³-hybridized carbons (Fsp3) is 0.200. The Morgan fingerprint density at radius 2 is 1.94 bits per heavy atom. The quantitative estimate of drug-likeness (QED) is 0.591. The van der Waals surface area contributed by atoms with Gasteiger partial charge in [-0.2, -0.15) is 13.2 Å². The molecule has 2 amide bonds. The molecule has 160 valence electrons. The molecule has 0 fully saturated rings. The molecule has 0 unspecified atom stereocenters. The Morgan fingerprint density at radius 1 is 1.19 bits per heavy atom. The van der Waals surface area contributed by atoms with Gasteiger partial charge in [-0.1, -0.05) is 42.1 Å². The van der Waals surface area contributed by atoms with Crippen molar-refractivity contribution >= 4 is 35.0 Å². The third-order valence-electron chi connectivity index (χ3n) is 4.60. The second-order valence-electron chi connectivity index (χ2n) is 6.79. The van der Waals surface area contributed by atoms with Crippen molar-refractivity contribution in [1.29, 1.82) is 0 Å². The number of rotatable bonds is 4. The first-order valence-electron chi connectivity index (χ1n) is 9.19. The molecular formula is C20H16F3N5O2S. The number of amides is 2. The summed E-state index contributed by atoms with van der Waals surface area (Å²) in [5.74, 6) is -0.460. The fourth-order valence-corrected chi connectivity index (χ4v) is 3.90. The average Bonchev–Trinajstić information content (AvgIpc) is 3.20. The van der Waals surface area contributed by atoms with Gasteiger partial charge in [-0.25, -0.2) is 4.98 Å². The molecule has 0 bridgehead atoms. The fourth-order valence-electron chi connectivity index (χ4n) is 3.12. The number of halogens is 3. The second kappa shape index (κ2) is 8.06. The van der Waals surface area contributed by atoms with E-state index in [4.69, 9.17) is 0 Å². The molecule has 1 aliphatic rings. The lowest BCUT2D eigenvalue weighted by atomic mass is 10.1. The summed E-state index contributed by atoms with van der Waals surface area (Å²) in [6.07, 6.45) is -4.56. The van der Waals surface area contributed by atoms with Gasteiger partial charge in [0, 0.05) is 5.56 Å². The molecule has 0 spiro atoms. The Hall–Kier alpha value is -3.34. The molecule has 0 radical (unpaired) electrons. The number of nitrogens with one attached hydrogen (secondary N) is 2. The topological polar surface area (TPSA) is 91.0 Å². The van der Waals surface area contributed by atoms with E-state index in [0.29, 0.717) is 11.0 Å². The van der Waals surface area contributed by atoms with Gasteiger partial charge in [0.05, 0.1) is 22.2 Å². The number of anilines is 2. The molecule has 0 saturated carbocycles. The Labute approximate surface area is 179 Å². The minimum atomic E-state index is -4.56. The summed E-state index contributed by atoms with van der Waals surface area (Å²) >= 11 is 1.09. The number of benzene rings is 2. The molecule has 0 saturated heterocycles. The minimum absolute atomic E-state index is 0.0547. The van der Waals surface area contributed by atoms with Gasteiger partial charge in [0.1, 0.15) is 6.54 Å². The zero-order valence-corrected chi connectivity index (χ0v) is 16.9. The summed E-state index contributed by atoms with van der Waals surface area (Å²) in [5.41, 5.74) is 0.0891. The van der Waals surface area contributed by atoms with Gasteiger partial charge in [-0.3, -0.25) is 19.6 Å². The molecular weight excluding hydrogens is 431 g/mol. The first-order valence-corrected chi connectivity index (χ1v) is 10.1. The average molecular weight is 447 g/mol. The number of hydrogen-bond donors (Lipinski definition) is 2. The van der Waals surface area contributed by atoms with Crippen LogP contribution >= 0.6 is 11.8 Å². The van der Waals surface area contributed by atoms with E-state index in [1.54, 1.807) is 6.92 Å². The van der Waals surface area contributed by atoms with E-state index in [9.17, 15) is 22.8 Å². The molecule has 0 aliphatic carbocycles. The monoisotopic (exact) mass is 447 g/mol. The Morgan fingerprint density at radius 3 is 2.65 bits per heavy atom. The maximum Gasteiger partial charge on any atom is 0.416 e. The molecule has 2 N–H and O–H groups in total. The van der Waals surface area contributed by atoms with Crippen LogP contribution in [0.4, 0.5) is 24.5 Å². The van der Waals surface area contributed by atoms with E-state index in [2.05, 4.69) is 20.5 Å². The third-order valence-corrected chi connectivity index (χ3v) is 5.55. The van der Waals surface area contributed by atoms with Gasteiger partial charge >= 0.3 is 6.18 Å². The molecule has 11 heteroatoms. The molecule has 1 atom stereocenters. The van der Waals surface area contributed by atoms with E-state index < -0.39 is 28.8 Å². The van der Waals surface area contributed by atoms with Crippen LogP contribution in [0.15, 0.2) is 53.7 Å². The summed E-state index contributed by atoms with van der Waals surface area (Å²) in [6, 6.07) is 12.2. The molecule has 31 heavy (non-hydrogen) atoms. The smallest absolute Gasteiger partial charge is 0.323 e. The van der Waals surface area contributed by atoms with Crippen molar-refractivity contribution in [2.24, 2.45) is 0 Å². The zero-order valence-electron chi connectivity index (χ0n) is 16.1. The second-order valence-corrected chi connectivity index (χ2v) is 8.10. The van der Waals surface area contributed by atoms with Crippen molar-refractivity contribution in [2.75, 3.05) is 16.8 Å². The Balaban J connectivity index is 1.53. The van der Waals surface area contributed by atoms with Crippen molar-refractivity contribution in [1.82, 2.24) is 15.2 Å². The number of nitrogens with zero attached hydrogens (tertiary/aromatic N) is 3. The van der Waals surface area contributed by atoms with Crippen molar-refractivity contribution in [2.45, 2.75) is 23.5 Å². The van der Waals surface area contributed by atoms with Gasteiger partial charge in [0.25, 0.3) is 0 Å². The lowest BCUT2D eigenvalue weighted by molar-refractivity contribution is -0.137. The van der Waals surface area contributed by atoms with Crippen molar-refractivity contribution in [3.8, 4) is 11.4 Å². The predicted molar refractivity (Wildman–Crippen MR) is 110 cm³/mol. The number of alkyl halides is 3. The van der Waals surface area contributed by atoms with E-state index in [0.717, 1.165) is 29.5 Å². The predicted octanol–water partition coefficient (Wildman–Crippen LogP) is 3.96. The molecule has 4 rings (SSSR count). The third kappa shape index (κ3) is 4.41. The summed E-state index contributed by atoms with van der Waals surface area (Å²) in [6.45, 7) is 1.34. The highest BCUT2D eigenvalue weighted by Gasteiger charge is 2.35. The van der Waals surface area contributed by atoms with Crippen molar-refractivity contribution < 1.29 is 22.8 Å². The van der Waals surface area contributed by atoms with E-state index in [1.807, 2.05) is 30.3 Å². The van der Waals surface area contributed by atoms with Crippen LogP contribution in [-0.4, -0.2) is 38.8 Å². The maximum atomic E-state index is 13.0. The van der Waals surface area contributed by atoms with Gasteiger partial charge in [0.15, 0.2) is 5.82 Å². The van der Waals surface area contributed by atoms with Crippen LogP contribution in [0, 0.1) is 0 Å². The number of carbonyl (C=O) groups excluding carboxylic acids is 2. The summed E-state index contributed by atoms with van der Waals surface area (Å²) in [4.78, 5) is 30.6. The molecule has 2 heterocycles. The van der Waals surface area contributed by atoms with Gasteiger partial charge in [-0.05, 0) is 25.1 Å². The first-order chi connectivity index (χ1) is 14.7. The first kappa shape index (κ1) is 20.9. The highest BCUT2D eigenvalue weighted by Crippen LogP contribution is 2.37. The summed E-state index contributed by atoms with van der Waals surface area (Å²) in [7, 11) is 0. The number of carbonyl (C=O) groups is 2. The van der Waals surface area contributed by atoms with Gasteiger partial charge < -0.3 is 5.32 Å². The molecule has 1 aliphatic heterocycles. The van der Waals surface area contributed by atoms with Gasteiger partial charge in [0.2, 0.25) is 17.0 Å². The normalized spacial score (nSPS) is 14.7. The lowest BCUT2D eigenvalue weighted by Gasteiger charge is -2.31. The number of fused-ring (bicyclic) bond motifs is 1. The SMILES string of the molecule is C[C@H](Sc1n[nH]c(-c2ccccc2)n1)C(=O)N1CC(=O)Nc2cc(C(F)(F)F)ccc21. The molecule has 3 aromatic rings. The number of aromatic nitrogens is 3. The maximum absolute atomic E-state index is 13.0. The van der Waals surface area contributed by atoms with Crippen LogP contribution in [0.5, 0.6) is 0 Å². The highest BCUT2D eigenvalue weighted by molar-refractivity contribution is 8.00. The molecule has 7 nitrogen and oxygen atoms in total. The van der Waals surface area contributed by atoms with Crippen molar-refractivity contribution in [3.05, 3.63) is 54.1 Å². The van der Waals surface area contributed by atoms with Crippen LogP contribution in [0.2, 0.25) is 0 Å². The van der Waals surface area contributed by atoms with Crippen LogP contribution in [0.25, 0.3) is 11.4 Å². The number of hydrogen-bond acceptors (Lipinski definition) is 5.